The summed E-state index contributed by atoms with van der Waals surface area (Å²) in [5.74, 6) is -0.822. The SMILES string of the molecule is CCc1c(-c2ccc(C(=O)OC)cc2)c(C(N)=O)c(C)n1C(C)C. The van der Waals surface area contributed by atoms with Crippen LogP contribution in [0.2, 0.25) is 0 Å². The number of benzene rings is 1. The summed E-state index contributed by atoms with van der Waals surface area (Å²) < 4.78 is 6.88. The number of nitrogens with zero attached hydrogens (tertiary/aromatic N) is 1. The van der Waals surface area contributed by atoms with Gasteiger partial charge in [-0.25, -0.2) is 4.79 Å². The van der Waals surface area contributed by atoms with Crippen LogP contribution in [0.4, 0.5) is 0 Å². The van der Waals surface area contributed by atoms with E-state index >= 15 is 0 Å². The molecule has 0 fully saturated rings. The Kier molecular flexibility index (Phi) is 5.12. The summed E-state index contributed by atoms with van der Waals surface area (Å²) in [5, 5.41) is 0. The molecule has 0 aliphatic rings. The van der Waals surface area contributed by atoms with Crippen LogP contribution in [0.15, 0.2) is 24.3 Å². The van der Waals surface area contributed by atoms with Crippen molar-refractivity contribution < 1.29 is 14.3 Å². The van der Waals surface area contributed by atoms with Gasteiger partial charge in [-0.3, -0.25) is 4.79 Å². The van der Waals surface area contributed by atoms with Gasteiger partial charge in [-0.15, -0.1) is 0 Å². The summed E-state index contributed by atoms with van der Waals surface area (Å²) >= 11 is 0. The maximum atomic E-state index is 12.1. The van der Waals surface area contributed by atoms with E-state index in [1.165, 1.54) is 7.11 Å². The van der Waals surface area contributed by atoms with Gasteiger partial charge in [0.05, 0.1) is 18.2 Å². The van der Waals surface area contributed by atoms with Crippen molar-refractivity contribution in [2.75, 3.05) is 7.11 Å². The standard InChI is InChI=1S/C19H24N2O3/c1-6-15-17(13-7-9-14(10-8-13)19(23)24-5)16(18(20)22)12(4)21(15)11(2)3/h7-11H,6H2,1-5H3,(H2,20,22). The lowest BCUT2D eigenvalue weighted by Crippen LogP contribution is -2.14. The number of primary amides is 1. The van der Waals surface area contributed by atoms with Gasteiger partial charge in [0, 0.05) is 23.0 Å². The van der Waals surface area contributed by atoms with E-state index in [0.29, 0.717) is 11.1 Å². The number of carbonyl (C=O) groups is 2. The predicted octanol–water partition coefficient (Wildman–Crippen LogP) is 3.49. The molecule has 1 aromatic heterocycles. The Morgan fingerprint density at radius 3 is 2.21 bits per heavy atom. The number of esters is 1. The second kappa shape index (κ2) is 6.91. The molecule has 0 aliphatic heterocycles. The lowest BCUT2D eigenvalue weighted by Gasteiger charge is -2.15. The molecular formula is C19H24N2O3. The van der Waals surface area contributed by atoms with Gasteiger partial charge in [-0.05, 0) is 44.9 Å². The highest BCUT2D eigenvalue weighted by molar-refractivity contribution is 6.02. The van der Waals surface area contributed by atoms with E-state index < -0.39 is 5.91 Å². The Morgan fingerprint density at radius 1 is 1.21 bits per heavy atom. The van der Waals surface area contributed by atoms with Gasteiger partial charge < -0.3 is 15.0 Å². The molecule has 2 N–H and O–H groups in total. The molecule has 2 rings (SSSR count). The first kappa shape index (κ1) is 17.8. The number of ether oxygens (including phenoxy) is 1. The third-order valence-corrected chi connectivity index (χ3v) is 4.24. The van der Waals surface area contributed by atoms with Crippen LogP contribution < -0.4 is 5.73 Å². The molecule has 24 heavy (non-hydrogen) atoms. The Morgan fingerprint density at radius 2 is 1.79 bits per heavy atom. The summed E-state index contributed by atoms with van der Waals surface area (Å²) in [6, 6.07) is 7.29. The van der Waals surface area contributed by atoms with Crippen molar-refractivity contribution in [3.63, 3.8) is 0 Å². The van der Waals surface area contributed by atoms with Gasteiger partial charge in [0.15, 0.2) is 0 Å². The zero-order chi connectivity index (χ0) is 18.0. The second-order valence-corrected chi connectivity index (χ2v) is 6.03. The summed E-state index contributed by atoms with van der Waals surface area (Å²) in [6.07, 6.45) is 0.778. The molecule has 1 heterocycles. The minimum absolute atomic E-state index is 0.223. The average molecular weight is 328 g/mol. The highest BCUT2D eigenvalue weighted by atomic mass is 16.5. The third kappa shape index (κ3) is 2.94. The van der Waals surface area contributed by atoms with Gasteiger partial charge in [0.25, 0.3) is 5.91 Å². The number of hydrogen-bond donors (Lipinski definition) is 1. The molecule has 1 amide bonds. The number of hydrogen-bond acceptors (Lipinski definition) is 3. The van der Waals surface area contributed by atoms with E-state index in [0.717, 1.165) is 28.9 Å². The Bertz CT molecular complexity index is 771. The van der Waals surface area contributed by atoms with E-state index in [1.54, 1.807) is 12.1 Å². The molecule has 5 heteroatoms. The van der Waals surface area contributed by atoms with Crippen molar-refractivity contribution in [3.8, 4) is 11.1 Å². The zero-order valence-corrected chi connectivity index (χ0v) is 14.8. The van der Waals surface area contributed by atoms with Gasteiger partial charge in [0.1, 0.15) is 0 Å². The lowest BCUT2D eigenvalue weighted by molar-refractivity contribution is 0.0600. The lowest BCUT2D eigenvalue weighted by atomic mass is 9.98. The fourth-order valence-electron chi connectivity index (χ4n) is 3.32. The van der Waals surface area contributed by atoms with Crippen molar-refractivity contribution >= 4 is 11.9 Å². The highest BCUT2D eigenvalue weighted by Gasteiger charge is 2.25. The van der Waals surface area contributed by atoms with Crippen LogP contribution in [0.25, 0.3) is 11.1 Å². The van der Waals surface area contributed by atoms with Crippen LogP contribution in [-0.2, 0) is 11.2 Å². The number of aromatic nitrogens is 1. The Labute approximate surface area is 142 Å². The zero-order valence-electron chi connectivity index (χ0n) is 14.8. The van der Waals surface area contributed by atoms with Gasteiger partial charge in [-0.1, -0.05) is 19.1 Å². The number of amides is 1. The fourth-order valence-corrected chi connectivity index (χ4v) is 3.32. The minimum atomic E-state index is -0.436. The Hall–Kier alpha value is -2.56. The third-order valence-electron chi connectivity index (χ3n) is 4.24. The molecule has 0 unspecified atom stereocenters. The van der Waals surface area contributed by atoms with Crippen LogP contribution >= 0.6 is 0 Å². The Balaban J connectivity index is 2.71. The van der Waals surface area contributed by atoms with Crippen LogP contribution in [0.3, 0.4) is 0 Å². The quantitative estimate of drug-likeness (QED) is 0.854. The molecule has 0 bridgehead atoms. The second-order valence-electron chi connectivity index (χ2n) is 6.03. The predicted molar refractivity (Wildman–Crippen MR) is 94.2 cm³/mol. The van der Waals surface area contributed by atoms with E-state index in [2.05, 4.69) is 25.3 Å². The number of methoxy groups -OCH3 is 1. The monoisotopic (exact) mass is 328 g/mol. The number of nitrogens with two attached hydrogens (primary N) is 1. The normalized spacial score (nSPS) is 10.9. The average Bonchev–Trinajstić information content (AvgIpc) is 2.86. The van der Waals surface area contributed by atoms with Crippen LogP contribution in [0.1, 0.15) is 58.9 Å². The van der Waals surface area contributed by atoms with Gasteiger partial charge in [-0.2, -0.15) is 0 Å². The van der Waals surface area contributed by atoms with Gasteiger partial charge in [0.2, 0.25) is 0 Å². The molecule has 0 atom stereocenters. The molecule has 128 valence electrons. The fraction of sp³-hybridized carbons (Fsp3) is 0.368. The van der Waals surface area contributed by atoms with E-state index in [-0.39, 0.29) is 12.0 Å². The summed E-state index contributed by atoms with van der Waals surface area (Å²) in [4.78, 5) is 23.7. The topological polar surface area (TPSA) is 74.3 Å². The van der Waals surface area contributed by atoms with Crippen molar-refractivity contribution in [1.82, 2.24) is 4.57 Å². The first-order valence-corrected chi connectivity index (χ1v) is 8.05. The number of carbonyl (C=O) groups excluding carboxylic acids is 2. The molecule has 2 aromatic rings. The van der Waals surface area contributed by atoms with Crippen molar-refractivity contribution in [1.29, 1.82) is 0 Å². The van der Waals surface area contributed by atoms with E-state index in [9.17, 15) is 9.59 Å². The molecule has 1 aromatic carbocycles. The molecule has 0 radical (unpaired) electrons. The van der Waals surface area contributed by atoms with Crippen LogP contribution in [0.5, 0.6) is 0 Å². The largest absolute Gasteiger partial charge is 0.465 e. The molecule has 0 aliphatic carbocycles. The van der Waals surface area contributed by atoms with E-state index in [1.807, 2.05) is 19.1 Å². The molecule has 5 nitrogen and oxygen atoms in total. The maximum absolute atomic E-state index is 12.1. The highest BCUT2D eigenvalue weighted by Crippen LogP contribution is 2.35. The molecule has 0 saturated carbocycles. The molecular weight excluding hydrogens is 304 g/mol. The summed E-state index contributed by atoms with van der Waals surface area (Å²) in [7, 11) is 1.35. The first-order valence-electron chi connectivity index (χ1n) is 8.05. The maximum Gasteiger partial charge on any atom is 0.337 e. The van der Waals surface area contributed by atoms with Crippen LogP contribution in [-0.4, -0.2) is 23.6 Å². The summed E-state index contributed by atoms with van der Waals surface area (Å²) in [5.41, 5.74) is 10.4. The van der Waals surface area contributed by atoms with Crippen molar-refractivity contribution in [3.05, 3.63) is 46.8 Å². The van der Waals surface area contributed by atoms with Crippen molar-refractivity contribution in [2.45, 2.75) is 40.2 Å². The smallest absolute Gasteiger partial charge is 0.337 e. The molecule has 0 saturated heterocycles. The van der Waals surface area contributed by atoms with Crippen molar-refractivity contribution in [2.24, 2.45) is 5.73 Å². The number of rotatable bonds is 5. The van der Waals surface area contributed by atoms with Gasteiger partial charge >= 0.3 is 5.97 Å². The van der Waals surface area contributed by atoms with Crippen LogP contribution in [0, 0.1) is 6.92 Å². The van der Waals surface area contributed by atoms with E-state index in [4.69, 9.17) is 10.5 Å². The summed E-state index contributed by atoms with van der Waals surface area (Å²) in [6.45, 7) is 8.15. The first-order chi connectivity index (χ1) is 11.3. The molecule has 0 spiro atoms. The minimum Gasteiger partial charge on any atom is -0.465 e.